The molecule has 3 nitrogen and oxygen atoms in total. The zero-order valence-electron chi connectivity index (χ0n) is 9.03. The van der Waals surface area contributed by atoms with Crippen LogP contribution in [-0.2, 0) is 0 Å². The van der Waals surface area contributed by atoms with Crippen LogP contribution in [0.15, 0.2) is 39.5 Å². The number of oxazole rings is 1. The van der Waals surface area contributed by atoms with Crippen LogP contribution >= 0.6 is 11.6 Å². The van der Waals surface area contributed by atoms with Gasteiger partial charge in [0.25, 0.3) is 0 Å². The van der Waals surface area contributed by atoms with Crippen LogP contribution in [-0.4, -0.2) is 4.98 Å². The van der Waals surface area contributed by atoms with E-state index >= 15 is 0 Å². The van der Waals surface area contributed by atoms with Crippen LogP contribution in [0.5, 0.6) is 0 Å². The molecule has 0 aliphatic rings. The summed E-state index contributed by atoms with van der Waals surface area (Å²) in [4.78, 5) is 16.4. The van der Waals surface area contributed by atoms with Crippen LogP contribution in [0.3, 0.4) is 0 Å². The molecule has 0 unspecified atom stereocenters. The molecule has 0 aliphatic carbocycles. The molecule has 3 aromatic rings. The van der Waals surface area contributed by atoms with E-state index in [9.17, 15) is 4.79 Å². The molecule has 3 rings (SSSR count). The van der Waals surface area contributed by atoms with E-state index in [0.29, 0.717) is 27.4 Å². The van der Waals surface area contributed by atoms with Crippen LogP contribution in [0.1, 0.15) is 5.89 Å². The number of aryl methyl sites for hydroxylation is 1. The van der Waals surface area contributed by atoms with Gasteiger partial charge in [0.2, 0.25) is 5.43 Å². The lowest BCUT2D eigenvalue weighted by atomic mass is 10.2. The minimum absolute atomic E-state index is 0.131. The summed E-state index contributed by atoms with van der Waals surface area (Å²) >= 11 is 5.90. The number of halogens is 1. The third-order valence-corrected chi connectivity index (χ3v) is 2.88. The second-order valence-electron chi connectivity index (χ2n) is 3.84. The Morgan fingerprint density at radius 3 is 2.88 bits per heavy atom. The lowest BCUT2D eigenvalue weighted by Crippen LogP contribution is -1.98. The molecule has 0 saturated heterocycles. The summed E-state index contributed by atoms with van der Waals surface area (Å²) in [6, 6.07) is 8.72. The van der Waals surface area contributed by atoms with Crippen molar-refractivity contribution in [2.45, 2.75) is 6.92 Å². The highest BCUT2D eigenvalue weighted by atomic mass is 35.5. The molecule has 0 saturated carbocycles. The smallest absolute Gasteiger partial charge is 0.215 e. The minimum atomic E-state index is -0.131. The number of rotatable bonds is 0. The molecule has 17 heavy (non-hydrogen) atoms. The number of hydrogen-bond acceptors (Lipinski definition) is 3. The Balaban J connectivity index is 2.60. The van der Waals surface area contributed by atoms with Gasteiger partial charge in [-0.05, 0) is 29.7 Å². The Kier molecular flexibility index (Phi) is 2.16. The van der Waals surface area contributed by atoms with Crippen molar-refractivity contribution < 1.29 is 4.42 Å². The first kappa shape index (κ1) is 10.3. The summed E-state index contributed by atoms with van der Waals surface area (Å²) < 4.78 is 5.37. The van der Waals surface area contributed by atoms with Crippen molar-refractivity contribution in [1.29, 1.82) is 0 Å². The highest BCUT2D eigenvalue weighted by Gasteiger charge is 2.07. The summed E-state index contributed by atoms with van der Waals surface area (Å²) in [6.45, 7) is 1.72. The first-order valence-corrected chi connectivity index (χ1v) is 5.53. The van der Waals surface area contributed by atoms with Gasteiger partial charge in [0.15, 0.2) is 17.0 Å². The van der Waals surface area contributed by atoms with Crippen molar-refractivity contribution >= 4 is 33.5 Å². The zero-order valence-corrected chi connectivity index (χ0v) is 9.78. The van der Waals surface area contributed by atoms with E-state index < -0.39 is 0 Å². The molecule has 0 amide bonds. The van der Waals surface area contributed by atoms with E-state index in [1.807, 2.05) is 6.07 Å². The third-order valence-electron chi connectivity index (χ3n) is 2.65. The number of nitrogens with zero attached hydrogens (tertiary/aromatic N) is 1. The Hall–Kier alpha value is -1.87. The SMILES string of the molecule is Cc1nc2c(=O)c3ccc(Cl)cc3ccc2o1. The average Bonchev–Trinajstić information content (AvgIpc) is 2.62. The molecule has 4 heteroatoms. The maximum absolute atomic E-state index is 12.2. The summed E-state index contributed by atoms with van der Waals surface area (Å²) in [5, 5.41) is 1.98. The normalized spacial score (nSPS) is 11.2. The van der Waals surface area contributed by atoms with Gasteiger partial charge in [0.05, 0.1) is 0 Å². The molecular weight excluding hydrogens is 238 g/mol. The van der Waals surface area contributed by atoms with Gasteiger partial charge in [-0.2, -0.15) is 0 Å². The van der Waals surface area contributed by atoms with Gasteiger partial charge < -0.3 is 4.42 Å². The molecule has 0 aliphatic heterocycles. The minimum Gasteiger partial charge on any atom is -0.441 e. The molecule has 1 heterocycles. The van der Waals surface area contributed by atoms with E-state index in [0.717, 1.165) is 5.39 Å². The lowest BCUT2D eigenvalue weighted by molar-refractivity contribution is 0.561. The summed E-state index contributed by atoms with van der Waals surface area (Å²) in [6.07, 6.45) is 0. The molecule has 84 valence electrons. The third kappa shape index (κ3) is 1.59. The highest BCUT2D eigenvalue weighted by Crippen LogP contribution is 2.19. The van der Waals surface area contributed by atoms with Crippen LogP contribution < -0.4 is 5.43 Å². The van der Waals surface area contributed by atoms with Gasteiger partial charge in [-0.1, -0.05) is 17.7 Å². The Labute approximate surface area is 102 Å². The number of hydrogen-bond donors (Lipinski definition) is 0. The van der Waals surface area contributed by atoms with Gasteiger partial charge in [-0.25, -0.2) is 4.98 Å². The van der Waals surface area contributed by atoms with Gasteiger partial charge in [0, 0.05) is 17.3 Å². The van der Waals surface area contributed by atoms with Crippen molar-refractivity contribution in [2.75, 3.05) is 0 Å². The molecule has 0 bridgehead atoms. The van der Waals surface area contributed by atoms with Crippen LogP contribution in [0, 0.1) is 6.92 Å². The Morgan fingerprint density at radius 1 is 1.24 bits per heavy atom. The van der Waals surface area contributed by atoms with Crippen molar-refractivity contribution in [3.63, 3.8) is 0 Å². The summed E-state index contributed by atoms with van der Waals surface area (Å²) in [5.74, 6) is 0.491. The van der Waals surface area contributed by atoms with Crippen LogP contribution in [0.4, 0.5) is 0 Å². The second-order valence-corrected chi connectivity index (χ2v) is 4.28. The molecule has 1 aromatic heterocycles. The van der Waals surface area contributed by atoms with Crippen LogP contribution in [0.2, 0.25) is 5.02 Å². The highest BCUT2D eigenvalue weighted by molar-refractivity contribution is 6.31. The Bertz CT molecular complexity index is 792. The van der Waals surface area contributed by atoms with E-state index in [2.05, 4.69) is 4.98 Å². The number of benzene rings is 1. The van der Waals surface area contributed by atoms with Gasteiger partial charge in [-0.15, -0.1) is 0 Å². The van der Waals surface area contributed by atoms with Crippen molar-refractivity contribution in [3.8, 4) is 0 Å². The van der Waals surface area contributed by atoms with Gasteiger partial charge in [-0.3, -0.25) is 4.79 Å². The van der Waals surface area contributed by atoms with Crippen molar-refractivity contribution in [2.24, 2.45) is 0 Å². The Morgan fingerprint density at radius 2 is 2.06 bits per heavy atom. The average molecular weight is 246 g/mol. The molecular formula is C13H8ClNO2. The fourth-order valence-corrected chi connectivity index (χ4v) is 2.07. The van der Waals surface area contributed by atoms with E-state index in [1.165, 1.54) is 0 Å². The lowest BCUT2D eigenvalue weighted by Gasteiger charge is -1.91. The molecule has 0 radical (unpaired) electrons. The topological polar surface area (TPSA) is 43.1 Å². The summed E-state index contributed by atoms with van der Waals surface area (Å²) in [7, 11) is 0. The van der Waals surface area contributed by atoms with Gasteiger partial charge in [0.1, 0.15) is 0 Å². The quantitative estimate of drug-likeness (QED) is 0.610. The van der Waals surface area contributed by atoms with E-state index in [1.54, 1.807) is 31.2 Å². The second kappa shape index (κ2) is 3.57. The molecule has 0 spiro atoms. The maximum atomic E-state index is 12.2. The first-order valence-electron chi connectivity index (χ1n) is 5.15. The zero-order chi connectivity index (χ0) is 12.0. The predicted octanol–water partition coefficient (Wildman–Crippen LogP) is 3.30. The van der Waals surface area contributed by atoms with Crippen molar-refractivity contribution in [1.82, 2.24) is 4.98 Å². The monoisotopic (exact) mass is 245 g/mol. The molecule has 0 atom stereocenters. The fraction of sp³-hybridized carbons (Fsp3) is 0.0769. The maximum Gasteiger partial charge on any atom is 0.215 e. The molecule has 2 aromatic carbocycles. The number of aromatic nitrogens is 1. The number of fused-ring (bicyclic) bond motifs is 2. The first-order chi connectivity index (χ1) is 8.15. The summed E-state index contributed by atoms with van der Waals surface area (Å²) in [5.41, 5.74) is 0.730. The van der Waals surface area contributed by atoms with Crippen LogP contribution in [0.25, 0.3) is 21.9 Å². The standard InChI is InChI=1S/C13H8ClNO2/c1-7-15-12-11(17-7)5-2-8-6-9(14)3-4-10(8)13(12)16/h2-6H,1H3. The molecule has 0 N–H and O–H groups in total. The fourth-order valence-electron chi connectivity index (χ4n) is 1.89. The predicted molar refractivity (Wildman–Crippen MR) is 67.5 cm³/mol. The molecule has 0 fully saturated rings. The van der Waals surface area contributed by atoms with Gasteiger partial charge >= 0.3 is 0 Å². The van der Waals surface area contributed by atoms with E-state index in [-0.39, 0.29) is 5.43 Å². The van der Waals surface area contributed by atoms with Crippen molar-refractivity contribution in [3.05, 3.63) is 51.5 Å². The van der Waals surface area contributed by atoms with E-state index in [4.69, 9.17) is 16.0 Å². The largest absolute Gasteiger partial charge is 0.441 e.